The number of aromatic nitrogens is 2. The van der Waals surface area contributed by atoms with Gasteiger partial charge in [-0.3, -0.25) is 4.98 Å². The first-order chi connectivity index (χ1) is 9.74. The molecule has 3 heterocycles. The maximum absolute atomic E-state index is 9.87. The van der Waals surface area contributed by atoms with Crippen LogP contribution in [0.4, 0.5) is 5.69 Å². The van der Waals surface area contributed by atoms with Crippen molar-refractivity contribution in [3.05, 3.63) is 41.9 Å². The minimum atomic E-state index is -0.280. The third-order valence-corrected chi connectivity index (χ3v) is 3.77. The summed E-state index contributed by atoms with van der Waals surface area (Å²) in [6.07, 6.45) is 6.89. The largest absolute Gasteiger partial charge is 0.391 e. The van der Waals surface area contributed by atoms with Crippen molar-refractivity contribution in [1.29, 1.82) is 0 Å². The molecule has 1 saturated heterocycles. The Labute approximate surface area is 123 Å². The van der Waals surface area contributed by atoms with Crippen LogP contribution in [-0.2, 0) is 0 Å². The smallest absolute Gasteiger partial charge is 0.131 e. The molecular weight excluding hydrogens is 274 g/mol. The molecule has 0 bridgehead atoms. The number of pyridine rings is 2. The summed E-state index contributed by atoms with van der Waals surface area (Å²) in [5.74, 6) is 0. The van der Waals surface area contributed by atoms with Crippen molar-refractivity contribution in [2.75, 3.05) is 18.0 Å². The minimum Gasteiger partial charge on any atom is -0.391 e. The van der Waals surface area contributed by atoms with Gasteiger partial charge in [-0.05, 0) is 25.0 Å². The fourth-order valence-electron chi connectivity index (χ4n) is 2.60. The molecular formula is C15H16ClN3O. The van der Waals surface area contributed by atoms with Crippen LogP contribution in [0.2, 0.25) is 5.15 Å². The van der Waals surface area contributed by atoms with Gasteiger partial charge in [0.25, 0.3) is 0 Å². The summed E-state index contributed by atoms with van der Waals surface area (Å²) < 4.78 is 0. The molecule has 0 amide bonds. The summed E-state index contributed by atoms with van der Waals surface area (Å²) in [5, 5.41) is 10.3. The van der Waals surface area contributed by atoms with E-state index in [-0.39, 0.29) is 6.10 Å². The summed E-state index contributed by atoms with van der Waals surface area (Å²) in [4.78, 5) is 10.5. The Morgan fingerprint density at radius 3 is 3.00 bits per heavy atom. The highest BCUT2D eigenvalue weighted by Gasteiger charge is 2.21. The predicted octanol–water partition coefficient (Wildman–Crippen LogP) is 2.76. The molecule has 1 N–H and O–H groups in total. The van der Waals surface area contributed by atoms with Crippen molar-refractivity contribution in [2.45, 2.75) is 18.9 Å². The van der Waals surface area contributed by atoms with E-state index >= 15 is 0 Å². The highest BCUT2D eigenvalue weighted by molar-refractivity contribution is 6.29. The van der Waals surface area contributed by atoms with Crippen LogP contribution in [0.25, 0.3) is 11.1 Å². The van der Waals surface area contributed by atoms with Crippen LogP contribution in [0.5, 0.6) is 0 Å². The summed E-state index contributed by atoms with van der Waals surface area (Å²) in [6.45, 7) is 1.55. The lowest BCUT2D eigenvalue weighted by Crippen LogP contribution is -2.38. The van der Waals surface area contributed by atoms with E-state index in [1.807, 2.05) is 24.4 Å². The molecule has 1 aliphatic heterocycles. The number of hydrogen-bond donors (Lipinski definition) is 1. The molecule has 20 heavy (non-hydrogen) atoms. The van der Waals surface area contributed by atoms with E-state index in [4.69, 9.17) is 11.6 Å². The Morgan fingerprint density at radius 1 is 1.35 bits per heavy atom. The van der Waals surface area contributed by atoms with Crippen molar-refractivity contribution in [1.82, 2.24) is 9.97 Å². The molecule has 0 saturated carbocycles. The van der Waals surface area contributed by atoms with Crippen LogP contribution in [0.1, 0.15) is 12.8 Å². The number of anilines is 1. The van der Waals surface area contributed by atoms with Gasteiger partial charge < -0.3 is 10.0 Å². The number of piperidine rings is 1. The molecule has 0 spiro atoms. The van der Waals surface area contributed by atoms with E-state index in [2.05, 4.69) is 14.9 Å². The highest BCUT2D eigenvalue weighted by atomic mass is 35.5. The fraction of sp³-hybridized carbons (Fsp3) is 0.333. The molecule has 2 aromatic heterocycles. The van der Waals surface area contributed by atoms with Gasteiger partial charge in [-0.25, -0.2) is 4.98 Å². The molecule has 0 aliphatic carbocycles. The van der Waals surface area contributed by atoms with Gasteiger partial charge in [0.05, 0.1) is 6.10 Å². The zero-order valence-corrected chi connectivity index (χ0v) is 11.8. The van der Waals surface area contributed by atoms with E-state index in [1.54, 1.807) is 12.4 Å². The second-order valence-electron chi connectivity index (χ2n) is 5.01. The van der Waals surface area contributed by atoms with Crippen LogP contribution in [0.3, 0.4) is 0 Å². The van der Waals surface area contributed by atoms with Gasteiger partial charge >= 0.3 is 0 Å². The fourth-order valence-corrected chi connectivity index (χ4v) is 2.75. The van der Waals surface area contributed by atoms with Crippen molar-refractivity contribution >= 4 is 17.3 Å². The first kappa shape index (κ1) is 13.3. The van der Waals surface area contributed by atoms with Gasteiger partial charge in [0, 0.05) is 48.5 Å². The molecule has 0 unspecified atom stereocenters. The second-order valence-corrected chi connectivity index (χ2v) is 5.40. The molecule has 1 fully saturated rings. The number of halogens is 1. The predicted molar refractivity (Wildman–Crippen MR) is 79.9 cm³/mol. The van der Waals surface area contributed by atoms with Crippen LogP contribution < -0.4 is 4.90 Å². The van der Waals surface area contributed by atoms with Gasteiger partial charge in [-0.2, -0.15) is 0 Å². The SMILES string of the molecule is O[C@H]1CCCN(c2cc(Cl)ncc2-c2cccnc2)C1. The van der Waals surface area contributed by atoms with Gasteiger partial charge in [0.2, 0.25) is 0 Å². The molecule has 2 aromatic rings. The summed E-state index contributed by atoms with van der Waals surface area (Å²) in [5.41, 5.74) is 3.01. The molecule has 1 atom stereocenters. The number of rotatable bonds is 2. The molecule has 0 radical (unpaired) electrons. The lowest BCUT2D eigenvalue weighted by atomic mass is 10.0. The minimum absolute atomic E-state index is 0.280. The average molecular weight is 290 g/mol. The maximum atomic E-state index is 9.87. The van der Waals surface area contributed by atoms with E-state index in [1.165, 1.54) is 0 Å². The molecule has 1 aliphatic rings. The Bertz CT molecular complexity index is 591. The number of aliphatic hydroxyl groups excluding tert-OH is 1. The molecule has 4 nitrogen and oxygen atoms in total. The third kappa shape index (κ3) is 2.76. The van der Waals surface area contributed by atoms with Crippen molar-refractivity contribution in [3.8, 4) is 11.1 Å². The topological polar surface area (TPSA) is 49.2 Å². The quantitative estimate of drug-likeness (QED) is 0.864. The molecule has 3 rings (SSSR count). The first-order valence-corrected chi connectivity index (χ1v) is 7.11. The highest BCUT2D eigenvalue weighted by Crippen LogP contribution is 2.33. The summed E-state index contributed by atoms with van der Waals surface area (Å²) in [6, 6.07) is 5.77. The monoisotopic (exact) mass is 289 g/mol. The van der Waals surface area contributed by atoms with Crippen LogP contribution >= 0.6 is 11.6 Å². The lowest BCUT2D eigenvalue weighted by Gasteiger charge is -2.33. The Balaban J connectivity index is 2.02. The van der Waals surface area contributed by atoms with E-state index in [9.17, 15) is 5.11 Å². The van der Waals surface area contributed by atoms with E-state index in [0.717, 1.165) is 36.2 Å². The molecule has 104 valence electrons. The van der Waals surface area contributed by atoms with Gasteiger partial charge in [-0.1, -0.05) is 17.7 Å². The van der Waals surface area contributed by atoms with Crippen molar-refractivity contribution in [3.63, 3.8) is 0 Å². The normalized spacial score (nSPS) is 19.1. The van der Waals surface area contributed by atoms with Gasteiger partial charge in [-0.15, -0.1) is 0 Å². The lowest BCUT2D eigenvalue weighted by molar-refractivity contribution is 0.154. The van der Waals surface area contributed by atoms with Crippen LogP contribution in [0, 0.1) is 0 Å². The number of β-amino-alcohol motifs (C(OH)–C–C–N with tert-alkyl or cyclic N) is 1. The zero-order valence-electron chi connectivity index (χ0n) is 11.0. The average Bonchev–Trinajstić information content (AvgIpc) is 2.48. The summed E-state index contributed by atoms with van der Waals surface area (Å²) >= 11 is 6.04. The van der Waals surface area contributed by atoms with Crippen molar-refractivity contribution < 1.29 is 5.11 Å². The maximum Gasteiger partial charge on any atom is 0.131 e. The number of nitrogens with zero attached hydrogens (tertiary/aromatic N) is 3. The van der Waals surface area contributed by atoms with E-state index in [0.29, 0.717) is 11.7 Å². The van der Waals surface area contributed by atoms with Crippen LogP contribution in [0.15, 0.2) is 36.8 Å². The van der Waals surface area contributed by atoms with Gasteiger partial charge in [0.15, 0.2) is 0 Å². The number of hydrogen-bond acceptors (Lipinski definition) is 4. The standard InChI is InChI=1S/C15H16ClN3O/c16-15-7-14(19-6-2-4-12(20)10-19)13(9-18-15)11-3-1-5-17-8-11/h1,3,5,7-9,12,20H,2,4,6,10H2/t12-/m0/s1. The Morgan fingerprint density at radius 2 is 2.25 bits per heavy atom. The molecule has 5 heteroatoms. The van der Waals surface area contributed by atoms with E-state index < -0.39 is 0 Å². The van der Waals surface area contributed by atoms with Gasteiger partial charge in [0.1, 0.15) is 5.15 Å². The van der Waals surface area contributed by atoms with Crippen molar-refractivity contribution in [2.24, 2.45) is 0 Å². The Hall–Kier alpha value is -1.65. The summed E-state index contributed by atoms with van der Waals surface area (Å²) in [7, 11) is 0. The van der Waals surface area contributed by atoms with Crippen LogP contribution in [-0.4, -0.2) is 34.3 Å². The second kappa shape index (κ2) is 5.77. The first-order valence-electron chi connectivity index (χ1n) is 6.73. The Kier molecular flexibility index (Phi) is 3.85. The zero-order chi connectivity index (χ0) is 13.9. The third-order valence-electron chi connectivity index (χ3n) is 3.56. The molecule has 0 aromatic carbocycles. The number of aliphatic hydroxyl groups is 1.